The molecule has 0 aliphatic rings. The fourth-order valence-corrected chi connectivity index (χ4v) is 1.13. The van der Waals surface area contributed by atoms with E-state index in [4.69, 9.17) is 11.5 Å². The Kier molecular flexibility index (Phi) is 3.61. The zero-order chi connectivity index (χ0) is 9.68. The predicted octanol–water partition coefficient (Wildman–Crippen LogP) is 0.0842. The summed E-state index contributed by atoms with van der Waals surface area (Å²) in [5.74, 6) is -0.0937. The smallest absolute Gasteiger partial charge is 0.163 e. The molecule has 0 bridgehead atoms. The van der Waals surface area contributed by atoms with Crippen LogP contribution in [-0.2, 0) is 11.2 Å². The van der Waals surface area contributed by atoms with Gasteiger partial charge in [0.05, 0.1) is 12.6 Å². The van der Waals surface area contributed by atoms with Crippen molar-refractivity contribution < 1.29 is 4.79 Å². The molecular weight excluding hydrogens is 164 g/mol. The van der Waals surface area contributed by atoms with Crippen LogP contribution in [0.3, 0.4) is 0 Å². The Balaban J connectivity index is 2.55. The molecule has 4 N–H and O–H groups in total. The maximum absolute atomic E-state index is 11.1. The van der Waals surface area contributed by atoms with Crippen molar-refractivity contribution in [3.05, 3.63) is 35.9 Å². The summed E-state index contributed by atoms with van der Waals surface area (Å²) in [6.07, 6.45) is 0.566. The van der Waals surface area contributed by atoms with Crippen molar-refractivity contribution in [2.24, 2.45) is 11.5 Å². The van der Waals surface area contributed by atoms with E-state index >= 15 is 0 Å². The van der Waals surface area contributed by atoms with Gasteiger partial charge < -0.3 is 11.5 Å². The van der Waals surface area contributed by atoms with Crippen LogP contribution < -0.4 is 11.5 Å². The molecule has 0 fully saturated rings. The van der Waals surface area contributed by atoms with E-state index in [1.54, 1.807) is 0 Å². The van der Waals surface area contributed by atoms with Gasteiger partial charge in [-0.05, 0) is 12.0 Å². The number of hydrogen-bond acceptors (Lipinski definition) is 3. The maximum Gasteiger partial charge on any atom is 0.163 e. The summed E-state index contributed by atoms with van der Waals surface area (Å²) in [5.41, 5.74) is 11.9. The Morgan fingerprint density at radius 3 is 2.46 bits per heavy atom. The molecule has 0 heterocycles. The van der Waals surface area contributed by atoms with Crippen LogP contribution in [0.2, 0.25) is 0 Å². The summed E-state index contributed by atoms with van der Waals surface area (Å²) in [6.45, 7) is 0.0218. The number of Topliss-reactive ketones (excluding diaryl/α,β-unsaturated/α-hetero) is 1. The minimum absolute atomic E-state index is 0.0218. The molecule has 0 radical (unpaired) electrons. The highest BCUT2D eigenvalue weighted by molar-refractivity contribution is 5.85. The molecule has 0 aromatic heterocycles. The highest BCUT2D eigenvalue weighted by atomic mass is 16.1. The van der Waals surface area contributed by atoms with E-state index in [1.165, 1.54) is 0 Å². The van der Waals surface area contributed by atoms with Crippen LogP contribution in [0.1, 0.15) is 5.56 Å². The van der Waals surface area contributed by atoms with Crippen molar-refractivity contribution in [3.63, 3.8) is 0 Å². The SMILES string of the molecule is NCC(=O)C(N)Cc1ccccc1. The molecule has 0 saturated heterocycles. The number of carbonyl (C=O) groups excluding carboxylic acids is 1. The van der Waals surface area contributed by atoms with E-state index in [9.17, 15) is 4.79 Å². The van der Waals surface area contributed by atoms with Gasteiger partial charge in [-0.25, -0.2) is 0 Å². The number of carbonyl (C=O) groups is 1. The lowest BCUT2D eigenvalue weighted by atomic mass is 10.0. The predicted molar refractivity (Wildman–Crippen MR) is 52.2 cm³/mol. The van der Waals surface area contributed by atoms with E-state index in [2.05, 4.69) is 0 Å². The van der Waals surface area contributed by atoms with Crippen LogP contribution in [0.5, 0.6) is 0 Å². The molecule has 0 aliphatic carbocycles. The molecule has 0 amide bonds. The van der Waals surface area contributed by atoms with E-state index in [1.807, 2.05) is 30.3 Å². The van der Waals surface area contributed by atoms with Gasteiger partial charge >= 0.3 is 0 Å². The van der Waals surface area contributed by atoms with Gasteiger partial charge in [-0.2, -0.15) is 0 Å². The Morgan fingerprint density at radius 1 is 1.31 bits per heavy atom. The Labute approximate surface area is 77.7 Å². The third-order valence-electron chi connectivity index (χ3n) is 1.91. The zero-order valence-electron chi connectivity index (χ0n) is 7.44. The Morgan fingerprint density at radius 2 is 1.92 bits per heavy atom. The van der Waals surface area contributed by atoms with E-state index in [0.717, 1.165) is 5.56 Å². The Bertz CT molecular complexity index is 272. The molecule has 70 valence electrons. The highest BCUT2D eigenvalue weighted by Crippen LogP contribution is 2.01. The van der Waals surface area contributed by atoms with Crippen LogP contribution in [-0.4, -0.2) is 18.4 Å². The normalized spacial score (nSPS) is 12.5. The molecule has 0 aliphatic heterocycles. The van der Waals surface area contributed by atoms with Gasteiger partial charge in [0.25, 0.3) is 0 Å². The molecule has 0 spiro atoms. The maximum atomic E-state index is 11.1. The lowest BCUT2D eigenvalue weighted by Crippen LogP contribution is -2.37. The largest absolute Gasteiger partial charge is 0.324 e. The van der Waals surface area contributed by atoms with Gasteiger partial charge in [-0.15, -0.1) is 0 Å². The van der Waals surface area contributed by atoms with Crippen LogP contribution >= 0.6 is 0 Å². The average molecular weight is 178 g/mol. The van der Waals surface area contributed by atoms with Gasteiger partial charge in [-0.3, -0.25) is 4.79 Å². The van der Waals surface area contributed by atoms with Crippen molar-refractivity contribution in [1.29, 1.82) is 0 Å². The van der Waals surface area contributed by atoms with Crippen LogP contribution in [0.15, 0.2) is 30.3 Å². The summed E-state index contributed by atoms with van der Waals surface area (Å²) in [4.78, 5) is 11.1. The highest BCUT2D eigenvalue weighted by Gasteiger charge is 2.11. The molecule has 0 saturated carbocycles. The van der Waals surface area contributed by atoms with Crippen LogP contribution in [0, 0.1) is 0 Å². The first-order valence-corrected chi connectivity index (χ1v) is 4.26. The van der Waals surface area contributed by atoms with Crippen molar-refractivity contribution in [1.82, 2.24) is 0 Å². The van der Waals surface area contributed by atoms with E-state index in [-0.39, 0.29) is 12.3 Å². The number of rotatable bonds is 4. The third kappa shape index (κ3) is 2.97. The number of ketones is 1. The van der Waals surface area contributed by atoms with Crippen molar-refractivity contribution >= 4 is 5.78 Å². The molecule has 1 aromatic rings. The number of hydrogen-bond donors (Lipinski definition) is 2. The summed E-state index contributed by atoms with van der Waals surface area (Å²) < 4.78 is 0. The molecule has 13 heavy (non-hydrogen) atoms. The van der Waals surface area contributed by atoms with Gasteiger partial charge in [0, 0.05) is 0 Å². The lowest BCUT2D eigenvalue weighted by molar-refractivity contribution is -0.118. The fraction of sp³-hybridized carbons (Fsp3) is 0.300. The molecule has 1 atom stereocenters. The summed E-state index contributed by atoms with van der Waals surface area (Å²) >= 11 is 0. The number of benzene rings is 1. The van der Waals surface area contributed by atoms with E-state index in [0.29, 0.717) is 6.42 Å². The zero-order valence-corrected chi connectivity index (χ0v) is 7.44. The average Bonchev–Trinajstić information content (AvgIpc) is 2.18. The quantitative estimate of drug-likeness (QED) is 0.686. The second-order valence-electron chi connectivity index (χ2n) is 2.97. The van der Waals surface area contributed by atoms with Gasteiger partial charge in [-0.1, -0.05) is 30.3 Å². The Hall–Kier alpha value is -1.19. The standard InChI is InChI=1S/C10H14N2O/c11-7-10(13)9(12)6-8-4-2-1-3-5-8/h1-5,9H,6-7,11-12H2. The second-order valence-corrected chi connectivity index (χ2v) is 2.97. The topological polar surface area (TPSA) is 69.1 Å². The lowest BCUT2D eigenvalue weighted by Gasteiger charge is -2.08. The first kappa shape index (κ1) is 9.89. The summed E-state index contributed by atoms with van der Waals surface area (Å²) in [7, 11) is 0. The molecule has 1 aromatic carbocycles. The van der Waals surface area contributed by atoms with Crippen molar-refractivity contribution in [3.8, 4) is 0 Å². The van der Waals surface area contributed by atoms with Crippen LogP contribution in [0.25, 0.3) is 0 Å². The summed E-state index contributed by atoms with van der Waals surface area (Å²) in [5, 5.41) is 0. The number of nitrogens with two attached hydrogens (primary N) is 2. The summed E-state index contributed by atoms with van der Waals surface area (Å²) in [6, 6.07) is 9.21. The first-order valence-electron chi connectivity index (χ1n) is 4.26. The second kappa shape index (κ2) is 4.74. The van der Waals surface area contributed by atoms with Gasteiger partial charge in [0.2, 0.25) is 0 Å². The van der Waals surface area contributed by atoms with Gasteiger partial charge in [0.15, 0.2) is 5.78 Å². The van der Waals surface area contributed by atoms with Crippen molar-refractivity contribution in [2.45, 2.75) is 12.5 Å². The van der Waals surface area contributed by atoms with Crippen molar-refractivity contribution in [2.75, 3.05) is 6.54 Å². The minimum Gasteiger partial charge on any atom is -0.324 e. The molecule has 3 heteroatoms. The molecule has 3 nitrogen and oxygen atoms in total. The first-order chi connectivity index (χ1) is 6.24. The molecule has 1 rings (SSSR count). The molecular formula is C10H14N2O. The monoisotopic (exact) mass is 178 g/mol. The minimum atomic E-state index is -0.465. The molecule has 1 unspecified atom stereocenters. The van der Waals surface area contributed by atoms with Crippen LogP contribution in [0.4, 0.5) is 0 Å². The third-order valence-corrected chi connectivity index (χ3v) is 1.91. The van der Waals surface area contributed by atoms with Gasteiger partial charge in [0.1, 0.15) is 0 Å². The van der Waals surface area contributed by atoms with E-state index < -0.39 is 6.04 Å². The fourth-order valence-electron chi connectivity index (χ4n) is 1.13.